The molecule has 1 atom stereocenters. The predicted molar refractivity (Wildman–Crippen MR) is 61.4 cm³/mol. The number of aryl methyl sites for hydroxylation is 1. The summed E-state index contributed by atoms with van der Waals surface area (Å²) < 4.78 is 114. The van der Waals surface area contributed by atoms with Crippen molar-refractivity contribution in [2.75, 3.05) is 0 Å². The van der Waals surface area contributed by atoms with Crippen LogP contribution >= 0.6 is 0 Å². The molecule has 0 bridgehead atoms. The van der Waals surface area contributed by atoms with Gasteiger partial charge in [-0.15, -0.1) is 0 Å². The quantitative estimate of drug-likeness (QED) is 0.671. The highest BCUT2D eigenvalue weighted by Crippen LogP contribution is 2.54. The van der Waals surface area contributed by atoms with Gasteiger partial charge >= 0.3 is 23.9 Å². The van der Waals surface area contributed by atoms with Gasteiger partial charge in [-0.3, -0.25) is 9.89 Å². The van der Waals surface area contributed by atoms with Crippen LogP contribution in [0.3, 0.4) is 0 Å². The fraction of sp³-hybridized carbons (Fsp3) is 0.727. The number of aromatic amines is 2. The summed E-state index contributed by atoms with van der Waals surface area (Å²) in [6, 6.07) is 0. The molecule has 1 rings (SSSR count). The minimum Gasteiger partial charge on any atom is -0.393 e. The lowest BCUT2D eigenvalue weighted by Crippen LogP contribution is -2.61. The molecular formula is C11H11F9N2O2. The van der Waals surface area contributed by atoms with Gasteiger partial charge in [0.2, 0.25) is 0 Å². The Labute approximate surface area is 127 Å². The van der Waals surface area contributed by atoms with Gasteiger partial charge in [-0.05, 0) is 6.92 Å². The Morgan fingerprint density at radius 3 is 1.83 bits per heavy atom. The third kappa shape index (κ3) is 3.39. The fourth-order valence-electron chi connectivity index (χ4n) is 1.86. The molecule has 0 saturated heterocycles. The Balaban J connectivity index is 3.01. The molecule has 0 aliphatic rings. The second-order valence-electron chi connectivity index (χ2n) is 5.10. The zero-order valence-electron chi connectivity index (χ0n) is 11.7. The van der Waals surface area contributed by atoms with Gasteiger partial charge in [0.1, 0.15) is 0 Å². The van der Waals surface area contributed by atoms with E-state index < -0.39 is 48.4 Å². The normalized spacial score (nSPS) is 15.6. The first kappa shape index (κ1) is 20.4. The number of hydrogen-bond acceptors (Lipinski definition) is 2. The molecule has 1 heterocycles. The number of rotatable bonds is 6. The number of H-pyrrole nitrogens is 2. The van der Waals surface area contributed by atoms with Crippen molar-refractivity contribution in [2.45, 2.75) is 49.8 Å². The molecule has 0 aliphatic heterocycles. The van der Waals surface area contributed by atoms with Crippen molar-refractivity contribution in [3.63, 3.8) is 0 Å². The van der Waals surface area contributed by atoms with Crippen molar-refractivity contribution in [3.05, 3.63) is 21.6 Å². The molecule has 4 nitrogen and oxygen atoms in total. The van der Waals surface area contributed by atoms with Crippen molar-refractivity contribution in [1.82, 2.24) is 10.2 Å². The highest BCUT2D eigenvalue weighted by atomic mass is 19.4. The molecule has 3 N–H and O–H groups in total. The van der Waals surface area contributed by atoms with Gasteiger partial charge in [0, 0.05) is 24.1 Å². The van der Waals surface area contributed by atoms with E-state index in [4.69, 9.17) is 0 Å². The van der Waals surface area contributed by atoms with E-state index in [1.165, 1.54) is 6.92 Å². The van der Waals surface area contributed by atoms with Crippen molar-refractivity contribution in [2.24, 2.45) is 0 Å². The van der Waals surface area contributed by atoms with E-state index >= 15 is 0 Å². The van der Waals surface area contributed by atoms with E-state index in [-0.39, 0.29) is 11.3 Å². The van der Waals surface area contributed by atoms with Crippen molar-refractivity contribution in [1.29, 1.82) is 0 Å². The number of alkyl halides is 9. The average Bonchev–Trinajstić information content (AvgIpc) is 2.68. The van der Waals surface area contributed by atoms with Crippen LogP contribution in [0.1, 0.15) is 17.7 Å². The van der Waals surface area contributed by atoms with Gasteiger partial charge in [0.15, 0.2) is 0 Å². The van der Waals surface area contributed by atoms with Crippen molar-refractivity contribution < 1.29 is 44.6 Å². The summed E-state index contributed by atoms with van der Waals surface area (Å²) in [5.74, 6) is -19.7. The van der Waals surface area contributed by atoms with Gasteiger partial charge in [-0.25, -0.2) is 0 Å². The molecular weight excluding hydrogens is 363 g/mol. The van der Waals surface area contributed by atoms with E-state index in [1.54, 1.807) is 0 Å². The molecule has 24 heavy (non-hydrogen) atoms. The SMILES string of the molecule is Cc1[nH][nH]c(=O)c1CC(O)CC(F)(F)C(F)(F)C(F)(F)C(F)(F)F. The Kier molecular flexibility index (Phi) is 5.10. The maximum atomic E-state index is 13.3. The molecule has 0 spiro atoms. The molecule has 1 aromatic rings. The molecule has 13 heteroatoms. The Bertz CT molecular complexity index is 632. The van der Waals surface area contributed by atoms with Crippen LogP contribution < -0.4 is 5.56 Å². The van der Waals surface area contributed by atoms with Crippen LogP contribution in [0.15, 0.2) is 4.79 Å². The lowest BCUT2D eigenvalue weighted by atomic mass is 9.95. The summed E-state index contributed by atoms with van der Waals surface area (Å²) in [5, 5.41) is 13.5. The van der Waals surface area contributed by atoms with Crippen LogP contribution in [-0.4, -0.2) is 45.4 Å². The molecule has 1 unspecified atom stereocenters. The van der Waals surface area contributed by atoms with Crippen molar-refractivity contribution >= 4 is 0 Å². The Morgan fingerprint density at radius 1 is 0.958 bits per heavy atom. The highest BCUT2D eigenvalue weighted by Gasteiger charge is 2.81. The Hall–Kier alpha value is -1.66. The third-order valence-electron chi connectivity index (χ3n) is 3.23. The maximum absolute atomic E-state index is 13.3. The Morgan fingerprint density at radius 2 is 1.46 bits per heavy atom. The summed E-state index contributed by atoms with van der Waals surface area (Å²) in [5.41, 5.74) is -1.17. The van der Waals surface area contributed by atoms with Crippen LogP contribution in [0.25, 0.3) is 0 Å². The molecule has 140 valence electrons. The largest absolute Gasteiger partial charge is 0.460 e. The topological polar surface area (TPSA) is 68.9 Å². The molecule has 0 aromatic carbocycles. The molecule has 0 saturated carbocycles. The van der Waals surface area contributed by atoms with Crippen molar-refractivity contribution in [3.8, 4) is 0 Å². The lowest BCUT2D eigenvalue weighted by molar-refractivity contribution is -0.398. The molecule has 0 fully saturated rings. The van der Waals surface area contributed by atoms with Gasteiger partial charge in [0.05, 0.1) is 6.10 Å². The average molecular weight is 374 g/mol. The fourth-order valence-corrected chi connectivity index (χ4v) is 1.86. The first-order chi connectivity index (χ1) is 10.5. The first-order valence-corrected chi connectivity index (χ1v) is 6.19. The van der Waals surface area contributed by atoms with Gasteiger partial charge < -0.3 is 10.2 Å². The minimum atomic E-state index is -7.01. The summed E-state index contributed by atoms with van der Waals surface area (Å²) in [7, 11) is 0. The highest BCUT2D eigenvalue weighted by molar-refractivity contribution is 5.16. The third-order valence-corrected chi connectivity index (χ3v) is 3.23. The maximum Gasteiger partial charge on any atom is 0.460 e. The smallest absolute Gasteiger partial charge is 0.393 e. The second kappa shape index (κ2) is 6.01. The number of aliphatic hydroxyl groups is 1. The van der Waals surface area contributed by atoms with Crippen LogP contribution in [0, 0.1) is 6.92 Å². The lowest BCUT2D eigenvalue weighted by Gasteiger charge is -2.34. The zero-order valence-corrected chi connectivity index (χ0v) is 11.7. The number of hydrogen-bond donors (Lipinski definition) is 3. The number of aromatic nitrogens is 2. The number of aliphatic hydroxyl groups excluding tert-OH is 1. The van der Waals surface area contributed by atoms with Gasteiger partial charge in [0.25, 0.3) is 5.56 Å². The van der Waals surface area contributed by atoms with E-state index in [0.717, 1.165) is 0 Å². The van der Waals surface area contributed by atoms with Gasteiger partial charge in [-0.1, -0.05) is 0 Å². The molecule has 0 radical (unpaired) electrons. The predicted octanol–water partition coefficient (Wildman–Crippen LogP) is 2.77. The molecule has 0 aliphatic carbocycles. The van der Waals surface area contributed by atoms with Crippen LogP contribution in [0.2, 0.25) is 0 Å². The summed E-state index contributed by atoms with van der Waals surface area (Å²) in [6.07, 6.45) is -12.7. The first-order valence-electron chi connectivity index (χ1n) is 6.19. The molecule has 0 amide bonds. The second-order valence-corrected chi connectivity index (χ2v) is 5.10. The summed E-state index contributed by atoms with van der Waals surface area (Å²) in [4.78, 5) is 11.2. The minimum absolute atomic E-state index is 0.0507. The van der Waals surface area contributed by atoms with E-state index in [1.807, 2.05) is 5.10 Å². The number of halogens is 9. The van der Waals surface area contributed by atoms with Gasteiger partial charge in [-0.2, -0.15) is 39.5 Å². The van der Waals surface area contributed by atoms with Crippen LogP contribution in [0.5, 0.6) is 0 Å². The van der Waals surface area contributed by atoms with Crippen LogP contribution in [0.4, 0.5) is 39.5 Å². The number of nitrogens with one attached hydrogen (secondary N) is 2. The molecule has 1 aromatic heterocycles. The standard InChI is InChI=1S/C11H11F9N2O2/c1-4-6(7(24)22-21-4)2-5(23)3-8(12,13)9(14,15)10(16,17)11(18,19)20/h5,23H,2-3H2,1H3,(H2,21,22,24). The zero-order chi connectivity index (χ0) is 19.1. The summed E-state index contributed by atoms with van der Waals surface area (Å²) in [6.45, 7) is 1.25. The van der Waals surface area contributed by atoms with E-state index in [9.17, 15) is 49.4 Å². The summed E-state index contributed by atoms with van der Waals surface area (Å²) >= 11 is 0. The monoisotopic (exact) mass is 374 g/mol. The van der Waals surface area contributed by atoms with E-state index in [2.05, 4.69) is 5.10 Å². The van der Waals surface area contributed by atoms with Crippen LogP contribution in [-0.2, 0) is 6.42 Å². The van der Waals surface area contributed by atoms with E-state index in [0.29, 0.717) is 0 Å².